The summed E-state index contributed by atoms with van der Waals surface area (Å²) in [5.74, 6) is 0. The lowest BCUT2D eigenvalue weighted by Crippen LogP contribution is -2.46. The maximum Gasteiger partial charge on any atom is 0.416 e. The van der Waals surface area contributed by atoms with E-state index < -0.39 is 17.3 Å². The molecular weight excluding hydrogens is 255 g/mol. The second kappa shape index (κ2) is 5.13. The van der Waals surface area contributed by atoms with E-state index in [4.69, 9.17) is 10.5 Å². The Bertz CT molecular complexity index is 439. The van der Waals surface area contributed by atoms with Crippen molar-refractivity contribution in [1.82, 2.24) is 0 Å². The Balaban J connectivity index is 2.11. The minimum atomic E-state index is -4.31. The van der Waals surface area contributed by atoms with E-state index in [9.17, 15) is 13.2 Å². The van der Waals surface area contributed by atoms with Gasteiger partial charge in [-0.3, -0.25) is 0 Å². The van der Waals surface area contributed by atoms with Gasteiger partial charge in [0.1, 0.15) is 0 Å². The molecule has 2 N–H and O–H groups in total. The van der Waals surface area contributed by atoms with Crippen molar-refractivity contribution in [2.75, 3.05) is 6.61 Å². The normalized spacial score (nSPS) is 25.5. The molecule has 0 spiro atoms. The minimum Gasteiger partial charge on any atom is -0.374 e. The second-order valence-electron chi connectivity index (χ2n) is 5.27. The summed E-state index contributed by atoms with van der Waals surface area (Å²) in [5, 5.41) is 0. The summed E-state index contributed by atoms with van der Waals surface area (Å²) in [6, 6.07) is 5.04. The first-order valence-electron chi connectivity index (χ1n) is 6.37. The third kappa shape index (κ3) is 3.28. The van der Waals surface area contributed by atoms with Crippen LogP contribution in [0.1, 0.15) is 30.9 Å². The Morgan fingerprint density at radius 1 is 1.42 bits per heavy atom. The van der Waals surface area contributed by atoms with Gasteiger partial charge >= 0.3 is 6.18 Å². The van der Waals surface area contributed by atoms with E-state index in [0.29, 0.717) is 18.6 Å². The van der Waals surface area contributed by atoms with E-state index in [2.05, 4.69) is 0 Å². The van der Waals surface area contributed by atoms with Gasteiger partial charge in [0.2, 0.25) is 0 Å². The van der Waals surface area contributed by atoms with Gasteiger partial charge in [-0.15, -0.1) is 0 Å². The third-order valence-corrected chi connectivity index (χ3v) is 3.74. The lowest BCUT2D eigenvalue weighted by atomic mass is 9.89. The van der Waals surface area contributed by atoms with Crippen LogP contribution >= 0.6 is 0 Å². The maximum absolute atomic E-state index is 12.6. The molecule has 1 saturated heterocycles. The molecule has 1 aliphatic heterocycles. The average molecular weight is 273 g/mol. The number of hydrogen-bond acceptors (Lipinski definition) is 2. The van der Waals surface area contributed by atoms with Crippen LogP contribution in [0.4, 0.5) is 13.2 Å². The van der Waals surface area contributed by atoms with E-state index in [1.165, 1.54) is 6.07 Å². The zero-order valence-corrected chi connectivity index (χ0v) is 10.8. The number of benzene rings is 1. The molecule has 106 valence electrons. The van der Waals surface area contributed by atoms with Gasteiger partial charge in [-0.1, -0.05) is 18.2 Å². The van der Waals surface area contributed by atoms with Crippen molar-refractivity contribution in [2.45, 2.75) is 44.0 Å². The summed E-state index contributed by atoms with van der Waals surface area (Å²) in [6.07, 6.45) is -2.12. The molecule has 2 nitrogen and oxygen atoms in total. The molecule has 1 heterocycles. The maximum atomic E-state index is 12.6. The first-order chi connectivity index (χ1) is 8.81. The molecule has 5 heteroatoms. The summed E-state index contributed by atoms with van der Waals surface area (Å²) in [4.78, 5) is 0. The third-order valence-electron chi connectivity index (χ3n) is 3.74. The van der Waals surface area contributed by atoms with Gasteiger partial charge in [0.25, 0.3) is 0 Å². The van der Waals surface area contributed by atoms with E-state index in [0.717, 1.165) is 25.0 Å². The van der Waals surface area contributed by atoms with Gasteiger partial charge in [0.05, 0.1) is 11.2 Å². The molecule has 19 heavy (non-hydrogen) atoms. The molecule has 1 aromatic carbocycles. The minimum absolute atomic E-state index is 0.293. The summed E-state index contributed by atoms with van der Waals surface area (Å²) < 4.78 is 43.5. The molecule has 0 bridgehead atoms. The highest BCUT2D eigenvalue weighted by Crippen LogP contribution is 2.32. The molecule has 0 aromatic heterocycles. The Morgan fingerprint density at radius 3 is 2.74 bits per heavy atom. The first-order valence-corrected chi connectivity index (χ1v) is 6.37. The van der Waals surface area contributed by atoms with Crippen LogP contribution in [-0.2, 0) is 17.3 Å². The van der Waals surface area contributed by atoms with Gasteiger partial charge in [-0.25, -0.2) is 0 Å². The van der Waals surface area contributed by atoms with Crippen molar-refractivity contribution in [1.29, 1.82) is 0 Å². The van der Waals surface area contributed by atoms with Crippen molar-refractivity contribution in [3.63, 3.8) is 0 Å². The summed E-state index contributed by atoms with van der Waals surface area (Å²) in [7, 11) is 0. The van der Waals surface area contributed by atoms with Crippen LogP contribution in [0.2, 0.25) is 0 Å². The van der Waals surface area contributed by atoms with E-state index in [-0.39, 0.29) is 6.04 Å². The van der Waals surface area contributed by atoms with Gasteiger partial charge in [0.15, 0.2) is 0 Å². The van der Waals surface area contributed by atoms with Crippen LogP contribution < -0.4 is 5.73 Å². The van der Waals surface area contributed by atoms with Gasteiger partial charge in [0, 0.05) is 12.6 Å². The Labute approximate surface area is 110 Å². The smallest absolute Gasteiger partial charge is 0.374 e. The van der Waals surface area contributed by atoms with Crippen LogP contribution in [0.25, 0.3) is 0 Å². The van der Waals surface area contributed by atoms with Gasteiger partial charge in [-0.2, -0.15) is 13.2 Å². The lowest BCUT2D eigenvalue weighted by molar-refractivity contribution is -0.137. The number of rotatable bonds is 3. The predicted octanol–water partition coefficient (Wildman–Crippen LogP) is 3.14. The SMILES string of the molecule is CC1(C(N)Cc2cccc(C(F)(F)F)c2)CCCO1. The topological polar surface area (TPSA) is 35.2 Å². The fraction of sp³-hybridized carbons (Fsp3) is 0.571. The van der Waals surface area contributed by atoms with E-state index in [1.807, 2.05) is 6.92 Å². The second-order valence-corrected chi connectivity index (χ2v) is 5.27. The van der Waals surface area contributed by atoms with Crippen molar-refractivity contribution in [2.24, 2.45) is 5.73 Å². The zero-order chi connectivity index (χ0) is 14.1. The van der Waals surface area contributed by atoms with Crippen LogP contribution in [0.15, 0.2) is 24.3 Å². The fourth-order valence-corrected chi connectivity index (χ4v) is 2.44. The molecule has 1 fully saturated rings. The zero-order valence-electron chi connectivity index (χ0n) is 10.8. The van der Waals surface area contributed by atoms with E-state index >= 15 is 0 Å². The fourth-order valence-electron chi connectivity index (χ4n) is 2.44. The van der Waals surface area contributed by atoms with Crippen LogP contribution in [0.3, 0.4) is 0 Å². The van der Waals surface area contributed by atoms with Gasteiger partial charge < -0.3 is 10.5 Å². The van der Waals surface area contributed by atoms with Crippen molar-refractivity contribution in [3.8, 4) is 0 Å². The highest BCUT2D eigenvalue weighted by molar-refractivity contribution is 5.26. The van der Waals surface area contributed by atoms with Gasteiger partial charge in [-0.05, 0) is 37.8 Å². The quantitative estimate of drug-likeness (QED) is 0.918. The number of nitrogens with two attached hydrogens (primary N) is 1. The molecule has 2 unspecified atom stereocenters. The molecule has 2 atom stereocenters. The molecule has 1 aromatic rings. The van der Waals surface area contributed by atoms with E-state index in [1.54, 1.807) is 6.07 Å². The Kier molecular flexibility index (Phi) is 3.87. The number of ether oxygens (including phenoxy) is 1. The molecular formula is C14H18F3NO. The molecule has 0 saturated carbocycles. The highest BCUT2D eigenvalue weighted by atomic mass is 19.4. The number of alkyl halides is 3. The van der Waals surface area contributed by atoms with Crippen LogP contribution in [-0.4, -0.2) is 18.2 Å². The van der Waals surface area contributed by atoms with Crippen LogP contribution in [0.5, 0.6) is 0 Å². The lowest BCUT2D eigenvalue weighted by Gasteiger charge is -2.30. The predicted molar refractivity (Wildman–Crippen MR) is 66.7 cm³/mol. The summed E-state index contributed by atoms with van der Waals surface area (Å²) in [5.41, 5.74) is 5.64. The molecule has 0 amide bonds. The summed E-state index contributed by atoms with van der Waals surface area (Å²) >= 11 is 0. The highest BCUT2D eigenvalue weighted by Gasteiger charge is 2.36. The summed E-state index contributed by atoms with van der Waals surface area (Å²) in [6.45, 7) is 2.60. The molecule has 0 aliphatic carbocycles. The Hall–Kier alpha value is -1.07. The Morgan fingerprint density at radius 2 is 2.16 bits per heavy atom. The molecule has 1 aliphatic rings. The monoisotopic (exact) mass is 273 g/mol. The first kappa shape index (κ1) is 14.3. The number of hydrogen-bond donors (Lipinski definition) is 1. The average Bonchev–Trinajstić information content (AvgIpc) is 2.77. The number of halogens is 3. The largest absolute Gasteiger partial charge is 0.416 e. The molecule has 2 rings (SSSR count). The molecule has 0 radical (unpaired) electrons. The van der Waals surface area contributed by atoms with Crippen molar-refractivity contribution >= 4 is 0 Å². The van der Waals surface area contributed by atoms with Crippen molar-refractivity contribution in [3.05, 3.63) is 35.4 Å². The van der Waals surface area contributed by atoms with Crippen LogP contribution in [0, 0.1) is 0 Å². The van der Waals surface area contributed by atoms with Crippen molar-refractivity contribution < 1.29 is 17.9 Å². The standard InChI is InChI=1S/C14H18F3NO/c1-13(6-3-7-19-13)12(18)9-10-4-2-5-11(8-10)14(15,16)17/h2,4-5,8,12H,3,6-7,9,18H2,1H3.